The van der Waals surface area contributed by atoms with Crippen molar-refractivity contribution in [3.8, 4) is 11.1 Å². The third-order valence-corrected chi connectivity index (χ3v) is 6.12. The highest BCUT2D eigenvalue weighted by atomic mass is 35.5. The molecule has 0 atom stereocenters. The molecule has 2 aromatic carbocycles. The van der Waals surface area contributed by atoms with E-state index in [0.717, 1.165) is 16.0 Å². The molecule has 8 heteroatoms. The maximum Gasteiger partial charge on any atom is 0.294 e. The van der Waals surface area contributed by atoms with Gasteiger partial charge in [0, 0.05) is 42.8 Å². The average molecular weight is 428 g/mol. The summed E-state index contributed by atoms with van der Waals surface area (Å²) in [4.78, 5) is 28.5. The fraction of sp³-hybridized carbons (Fsp3) is 0.190. The number of anilines is 1. The van der Waals surface area contributed by atoms with Crippen molar-refractivity contribution in [3.63, 3.8) is 0 Å². The van der Waals surface area contributed by atoms with E-state index >= 15 is 0 Å². The summed E-state index contributed by atoms with van der Waals surface area (Å²) in [6.07, 6.45) is 0. The average Bonchev–Trinajstić information content (AvgIpc) is 3.24. The number of nitro groups is 1. The molecule has 0 bridgehead atoms. The van der Waals surface area contributed by atoms with Crippen molar-refractivity contribution in [2.75, 3.05) is 31.1 Å². The molecule has 1 amide bonds. The Bertz CT molecular complexity index is 1050. The van der Waals surface area contributed by atoms with Gasteiger partial charge in [-0.1, -0.05) is 41.9 Å². The first kappa shape index (κ1) is 19.4. The Morgan fingerprint density at radius 2 is 1.76 bits per heavy atom. The Hall–Kier alpha value is -2.90. The van der Waals surface area contributed by atoms with E-state index in [9.17, 15) is 14.9 Å². The Morgan fingerprint density at radius 3 is 2.45 bits per heavy atom. The highest BCUT2D eigenvalue weighted by Gasteiger charge is 2.28. The Kier molecular flexibility index (Phi) is 5.51. The highest BCUT2D eigenvalue weighted by Crippen LogP contribution is 2.33. The summed E-state index contributed by atoms with van der Waals surface area (Å²) in [7, 11) is 0. The lowest BCUT2D eigenvalue weighted by atomic mass is 10.1. The van der Waals surface area contributed by atoms with Gasteiger partial charge in [0.05, 0.1) is 9.80 Å². The van der Waals surface area contributed by atoms with Gasteiger partial charge in [0.2, 0.25) is 0 Å². The van der Waals surface area contributed by atoms with Crippen molar-refractivity contribution in [3.05, 3.63) is 80.0 Å². The standard InChI is InChI=1S/C21H18ClN3O3S/c22-16-6-7-18(19(14-16)25(27)28)23-9-11-24(12-10-23)21(26)20-17(8-13-29-20)15-4-2-1-3-5-15/h1-8,13-14H,9-12H2. The first-order valence-corrected chi connectivity index (χ1v) is 10.4. The molecule has 3 aromatic rings. The number of thiophene rings is 1. The third-order valence-electron chi connectivity index (χ3n) is 4.99. The molecule has 0 spiro atoms. The van der Waals surface area contributed by atoms with E-state index < -0.39 is 4.92 Å². The lowest BCUT2D eigenvalue weighted by molar-refractivity contribution is -0.384. The topological polar surface area (TPSA) is 66.7 Å². The van der Waals surface area contributed by atoms with Gasteiger partial charge >= 0.3 is 0 Å². The summed E-state index contributed by atoms with van der Waals surface area (Å²) in [5.74, 6) is 0.00380. The van der Waals surface area contributed by atoms with Gasteiger partial charge in [-0.15, -0.1) is 11.3 Å². The molecule has 0 unspecified atom stereocenters. The van der Waals surface area contributed by atoms with Crippen molar-refractivity contribution in [1.29, 1.82) is 0 Å². The van der Waals surface area contributed by atoms with E-state index in [1.54, 1.807) is 12.1 Å². The zero-order valence-electron chi connectivity index (χ0n) is 15.5. The maximum absolute atomic E-state index is 13.1. The summed E-state index contributed by atoms with van der Waals surface area (Å²) in [5.41, 5.74) is 2.48. The first-order valence-electron chi connectivity index (χ1n) is 9.15. The predicted molar refractivity (Wildman–Crippen MR) is 116 cm³/mol. The van der Waals surface area contributed by atoms with Gasteiger partial charge in [-0.2, -0.15) is 0 Å². The van der Waals surface area contributed by atoms with Gasteiger partial charge in [-0.05, 0) is 29.1 Å². The molecule has 1 aliphatic heterocycles. The van der Waals surface area contributed by atoms with Crippen molar-refractivity contribution >= 4 is 40.2 Å². The van der Waals surface area contributed by atoms with Crippen LogP contribution in [0.4, 0.5) is 11.4 Å². The van der Waals surface area contributed by atoms with Crippen LogP contribution in [0.25, 0.3) is 11.1 Å². The SMILES string of the molecule is O=C(c1sccc1-c1ccccc1)N1CCN(c2ccc(Cl)cc2[N+](=O)[O-])CC1. The molecule has 1 saturated heterocycles. The minimum atomic E-state index is -0.420. The van der Waals surface area contributed by atoms with Gasteiger partial charge < -0.3 is 9.80 Å². The van der Waals surface area contributed by atoms with Crippen LogP contribution in [-0.4, -0.2) is 41.9 Å². The summed E-state index contributed by atoms with van der Waals surface area (Å²) in [6, 6.07) is 16.5. The molecule has 148 valence electrons. The van der Waals surface area contributed by atoms with E-state index in [-0.39, 0.29) is 11.6 Å². The number of rotatable bonds is 4. The molecule has 0 saturated carbocycles. The third kappa shape index (κ3) is 3.97. The van der Waals surface area contributed by atoms with E-state index in [4.69, 9.17) is 11.6 Å². The summed E-state index contributed by atoms with van der Waals surface area (Å²) >= 11 is 7.35. The van der Waals surface area contributed by atoms with E-state index in [0.29, 0.717) is 36.9 Å². The van der Waals surface area contributed by atoms with Crippen LogP contribution in [0.5, 0.6) is 0 Å². The number of benzene rings is 2. The van der Waals surface area contributed by atoms with Crippen LogP contribution in [-0.2, 0) is 0 Å². The number of nitro benzene ring substituents is 1. The fourth-order valence-corrected chi connectivity index (χ4v) is 4.57. The molecule has 6 nitrogen and oxygen atoms in total. The minimum Gasteiger partial charge on any atom is -0.362 e. The van der Waals surface area contributed by atoms with E-state index in [1.165, 1.54) is 17.4 Å². The monoisotopic (exact) mass is 427 g/mol. The zero-order valence-corrected chi connectivity index (χ0v) is 17.0. The van der Waals surface area contributed by atoms with Crippen LogP contribution in [0, 0.1) is 10.1 Å². The van der Waals surface area contributed by atoms with Crippen LogP contribution < -0.4 is 4.90 Å². The quantitative estimate of drug-likeness (QED) is 0.437. The zero-order chi connectivity index (χ0) is 20.4. The number of hydrogen-bond acceptors (Lipinski definition) is 5. The molecular weight excluding hydrogens is 410 g/mol. The Balaban J connectivity index is 1.50. The lowest BCUT2D eigenvalue weighted by Gasteiger charge is -2.35. The van der Waals surface area contributed by atoms with E-state index in [1.807, 2.05) is 51.6 Å². The summed E-state index contributed by atoms with van der Waals surface area (Å²) in [6.45, 7) is 2.07. The second-order valence-corrected chi connectivity index (χ2v) is 8.05. The van der Waals surface area contributed by atoms with Crippen molar-refractivity contribution in [2.45, 2.75) is 0 Å². The number of halogens is 1. The minimum absolute atomic E-state index is 0.00380. The Morgan fingerprint density at radius 1 is 1.03 bits per heavy atom. The van der Waals surface area contributed by atoms with Crippen molar-refractivity contribution in [2.24, 2.45) is 0 Å². The molecule has 0 N–H and O–H groups in total. The van der Waals surface area contributed by atoms with Crippen LogP contribution >= 0.6 is 22.9 Å². The predicted octanol–water partition coefficient (Wildman–Crippen LogP) is 4.94. The number of carbonyl (C=O) groups is 1. The molecule has 0 radical (unpaired) electrons. The molecule has 1 fully saturated rings. The number of amides is 1. The van der Waals surface area contributed by atoms with Crippen molar-refractivity contribution in [1.82, 2.24) is 4.90 Å². The molecule has 1 aromatic heterocycles. The Labute approximate surface area is 177 Å². The smallest absolute Gasteiger partial charge is 0.294 e. The summed E-state index contributed by atoms with van der Waals surface area (Å²) < 4.78 is 0. The van der Waals surface area contributed by atoms with Crippen LogP contribution in [0.1, 0.15) is 9.67 Å². The molecule has 2 heterocycles. The number of piperazine rings is 1. The fourth-order valence-electron chi connectivity index (χ4n) is 3.52. The van der Waals surface area contributed by atoms with Crippen LogP contribution in [0.2, 0.25) is 5.02 Å². The molecule has 29 heavy (non-hydrogen) atoms. The summed E-state index contributed by atoms with van der Waals surface area (Å²) in [5, 5.41) is 13.6. The van der Waals surface area contributed by atoms with Crippen LogP contribution in [0.3, 0.4) is 0 Å². The largest absolute Gasteiger partial charge is 0.362 e. The van der Waals surface area contributed by atoms with E-state index in [2.05, 4.69) is 0 Å². The van der Waals surface area contributed by atoms with Gasteiger partial charge in [-0.25, -0.2) is 0 Å². The number of nitrogens with zero attached hydrogens (tertiary/aromatic N) is 3. The normalized spacial score (nSPS) is 14.1. The number of carbonyl (C=O) groups excluding carboxylic acids is 1. The van der Waals surface area contributed by atoms with Gasteiger partial charge in [0.1, 0.15) is 5.69 Å². The van der Waals surface area contributed by atoms with Gasteiger partial charge in [0.25, 0.3) is 11.6 Å². The molecule has 1 aliphatic rings. The maximum atomic E-state index is 13.1. The highest BCUT2D eigenvalue weighted by molar-refractivity contribution is 7.12. The van der Waals surface area contributed by atoms with Gasteiger partial charge in [0.15, 0.2) is 0 Å². The lowest BCUT2D eigenvalue weighted by Crippen LogP contribution is -2.48. The van der Waals surface area contributed by atoms with Crippen LogP contribution in [0.15, 0.2) is 60.0 Å². The second-order valence-electron chi connectivity index (χ2n) is 6.70. The van der Waals surface area contributed by atoms with Gasteiger partial charge in [-0.3, -0.25) is 14.9 Å². The molecule has 4 rings (SSSR count). The number of hydrogen-bond donors (Lipinski definition) is 0. The second kappa shape index (κ2) is 8.23. The first-order chi connectivity index (χ1) is 14.0. The molecular formula is C21H18ClN3O3S. The van der Waals surface area contributed by atoms with Crippen molar-refractivity contribution < 1.29 is 9.72 Å². The molecule has 0 aliphatic carbocycles.